The second kappa shape index (κ2) is 6.64. The number of benzene rings is 1. The van der Waals surface area contributed by atoms with Gasteiger partial charge < -0.3 is 14.5 Å². The van der Waals surface area contributed by atoms with E-state index < -0.39 is 0 Å². The van der Waals surface area contributed by atoms with Crippen molar-refractivity contribution in [2.75, 3.05) is 36.1 Å². The highest BCUT2D eigenvalue weighted by molar-refractivity contribution is 8.02. The number of pyridine rings is 1. The lowest BCUT2D eigenvalue weighted by molar-refractivity contribution is 0.122. The van der Waals surface area contributed by atoms with Crippen LogP contribution in [0.3, 0.4) is 0 Å². The monoisotopic (exact) mass is 325 g/mol. The lowest BCUT2D eigenvalue weighted by atomic mass is 10.2. The zero-order valence-corrected chi connectivity index (χ0v) is 13.7. The molecule has 1 saturated heterocycles. The molecule has 0 saturated carbocycles. The van der Waals surface area contributed by atoms with Crippen molar-refractivity contribution < 1.29 is 4.74 Å². The average Bonchev–Trinajstić information content (AvgIpc) is 3.13. The summed E-state index contributed by atoms with van der Waals surface area (Å²) in [7, 11) is 0. The van der Waals surface area contributed by atoms with Gasteiger partial charge in [0.05, 0.1) is 30.8 Å². The molecule has 1 aromatic heterocycles. The maximum atomic E-state index is 5.49. The molecule has 118 valence electrons. The number of anilines is 2. The summed E-state index contributed by atoms with van der Waals surface area (Å²) >= 11 is 1.83. The third-order valence-electron chi connectivity index (χ3n) is 4.17. The Morgan fingerprint density at radius 2 is 1.87 bits per heavy atom. The number of aromatic nitrogens is 1. The molecule has 23 heavy (non-hydrogen) atoms. The third-order valence-corrected chi connectivity index (χ3v) is 5.21. The van der Waals surface area contributed by atoms with Gasteiger partial charge in [-0.05, 0) is 17.0 Å². The Bertz CT molecular complexity index is 686. The first-order chi connectivity index (χ1) is 11.4. The average molecular weight is 325 g/mol. The molecular weight excluding hydrogens is 306 g/mol. The third kappa shape index (κ3) is 2.94. The molecule has 0 radical (unpaired) electrons. The Kier molecular flexibility index (Phi) is 4.22. The molecule has 1 unspecified atom stereocenters. The SMILES string of the molecule is C1=CN(c2cnccc2N2CCOCC2)C(c2ccccc2)S1. The predicted molar refractivity (Wildman–Crippen MR) is 95.7 cm³/mol. The van der Waals surface area contributed by atoms with Crippen LogP contribution in [0.15, 0.2) is 60.4 Å². The van der Waals surface area contributed by atoms with Crippen molar-refractivity contribution in [1.29, 1.82) is 0 Å². The minimum Gasteiger partial charge on any atom is -0.378 e. The van der Waals surface area contributed by atoms with Crippen molar-refractivity contribution in [3.05, 3.63) is 66.0 Å². The second-order valence-corrected chi connectivity index (χ2v) is 6.55. The zero-order valence-electron chi connectivity index (χ0n) is 12.8. The predicted octanol–water partition coefficient (Wildman–Crippen LogP) is 3.64. The smallest absolute Gasteiger partial charge is 0.109 e. The van der Waals surface area contributed by atoms with Crippen LogP contribution in [-0.2, 0) is 4.74 Å². The highest BCUT2D eigenvalue weighted by Gasteiger charge is 2.26. The van der Waals surface area contributed by atoms with Gasteiger partial charge in [0.25, 0.3) is 0 Å². The largest absolute Gasteiger partial charge is 0.378 e. The van der Waals surface area contributed by atoms with Gasteiger partial charge in [-0.1, -0.05) is 30.3 Å². The molecule has 0 spiro atoms. The summed E-state index contributed by atoms with van der Waals surface area (Å²) in [6.07, 6.45) is 6.00. The van der Waals surface area contributed by atoms with E-state index >= 15 is 0 Å². The molecule has 0 N–H and O–H groups in total. The summed E-state index contributed by atoms with van der Waals surface area (Å²) in [5, 5.41) is 2.42. The molecule has 0 amide bonds. The molecule has 2 aliphatic heterocycles. The lowest BCUT2D eigenvalue weighted by Gasteiger charge is -2.34. The van der Waals surface area contributed by atoms with Gasteiger partial charge in [-0.2, -0.15) is 0 Å². The molecule has 2 aliphatic rings. The summed E-state index contributed by atoms with van der Waals surface area (Å²) in [5.41, 5.74) is 3.69. The number of hydrogen-bond acceptors (Lipinski definition) is 5. The van der Waals surface area contributed by atoms with E-state index in [1.54, 1.807) is 0 Å². The molecule has 4 rings (SSSR count). The van der Waals surface area contributed by atoms with Crippen molar-refractivity contribution in [1.82, 2.24) is 4.98 Å². The van der Waals surface area contributed by atoms with Crippen LogP contribution in [0, 0.1) is 0 Å². The topological polar surface area (TPSA) is 28.6 Å². The van der Waals surface area contributed by atoms with E-state index in [9.17, 15) is 0 Å². The van der Waals surface area contributed by atoms with E-state index in [4.69, 9.17) is 4.74 Å². The number of morpholine rings is 1. The number of thioether (sulfide) groups is 1. The summed E-state index contributed by atoms with van der Waals surface area (Å²) in [5.74, 6) is 0. The number of rotatable bonds is 3. The molecule has 3 heterocycles. The van der Waals surface area contributed by atoms with Crippen LogP contribution >= 0.6 is 11.8 Å². The first-order valence-electron chi connectivity index (χ1n) is 7.85. The van der Waals surface area contributed by atoms with Gasteiger partial charge in [0.2, 0.25) is 0 Å². The van der Waals surface area contributed by atoms with Crippen LogP contribution in [0.25, 0.3) is 0 Å². The summed E-state index contributed by atoms with van der Waals surface area (Å²) in [6, 6.07) is 12.7. The molecule has 1 fully saturated rings. The fourth-order valence-corrected chi connectivity index (χ4v) is 4.01. The van der Waals surface area contributed by atoms with Crippen molar-refractivity contribution in [3.63, 3.8) is 0 Å². The lowest BCUT2D eigenvalue weighted by Crippen LogP contribution is -2.37. The van der Waals surface area contributed by atoms with Gasteiger partial charge in [-0.3, -0.25) is 4.98 Å². The number of hydrogen-bond donors (Lipinski definition) is 0. The van der Waals surface area contributed by atoms with Gasteiger partial charge in [-0.15, -0.1) is 11.8 Å². The van der Waals surface area contributed by atoms with Gasteiger partial charge >= 0.3 is 0 Å². The van der Waals surface area contributed by atoms with Crippen LogP contribution in [0.1, 0.15) is 10.9 Å². The normalized spacial score (nSPS) is 21.0. The quantitative estimate of drug-likeness (QED) is 0.859. The van der Waals surface area contributed by atoms with E-state index in [0.29, 0.717) is 0 Å². The highest BCUT2D eigenvalue weighted by atomic mass is 32.2. The number of nitrogens with zero attached hydrogens (tertiary/aromatic N) is 3. The highest BCUT2D eigenvalue weighted by Crippen LogP contribution is 2.44. The van der Waals surface area contributed by atoms with E-state index in [0.717, 1.165) is 32.0 Å². The van der Waals surface area contributed by atoms with E-state index in [1.165, 1.54) is 11.3 Å². The van der Waals surface area contributed by atoms with Crippen molar-refractivity contribution >= 4 is 23.1 Å². The fourth-order valence-electron chi connectivity index (χ4n) is 3.03. The Morgan fingerprint density at radius 3 is 2.70 bits per heavy atom. The molecule has 5 heteroatoms. The fraction of sp³-hybridized carbons (Fsp3) is 0.278. The summed E-state index contributed by atoms with van der Waals surface area (Å²) < 4.78 is 5.49. The van der Waals surface area contributed by atoms with Crippen molar-refractivity contribution in [2.45, 2.75) is 5.37 Å². The number of ether oxygens (including phenoxy) is 1. The standard InChI is InChI=1S/C18H19N3OS/c1-2-4-15(5-3-1)18-21(10-13-23-18)17-14-19-7-6-16(17)20-8-11-22-12-9-20/h1-7,10,13-14,18H,8-9,11-12H2. The van der Waals surface area contributed by atoms with Crippen molar-refractivity contribution in [3.8, 4) is 0 Å². The summed E-state index contributed by atoms with van der Waals surface area (Å²) in [6.45, 7) is 3.43. The van der Waals surface area contributed by atoms with Crippen LogP contribution in [0.2, 0.25) is 0 Å². The summed E-state index contributed by atoms with van der Waals surface area (Å²) in [4.78, 5) is 9.08. The second-order valence-electron chi connectivity index (χ2n) is 5.56. The Morgan fingerprint density at radius 1 is 1.04 bits per heavy atom. The van der Waals surface area contributed by atoms with E-state index in [2.05, 4.69) is 62.8 Å². The minimum absolute atomic E-state index is 0.264. The van der Waals surface area contributed by atoms with Gasteiger partial charge in [0.15, 0.2) is 0 Å². The maximum Gasteiger partial charge on any atom is 0.109 e. The van der Waals surface area contributed by atoms with E-state index in [1.807, 2.05) is 24.2 Å². The van der Waals surface area contributed by atoms with Crippen LogP contribution in [0.5, 0.6) is 0 Å². The molecule has 0 aliphatic carbocycles. The maximum absolute atomic E-state index is 5.49. The van der Waals surface area contributed by atoms with Crippen LogP contribution in [-0.4, -0.2) is 31.3 Å². The van der Waals surface area contributed by atoms with Gasteiger partial charge in [0.1, 0.15) is 5.37 Å². The minimum atomic E-state index is 0.264. The van der Waals surface area contributed by atoms with Gasteiger partial charge in [0, 0.05) is 25.5 Å². The van der Waals surface area contributed by atoms with Crippen molar-refractivity contribution in [2.24, 2.45) is 0 Å². The Hall–Kier alpha value is -1.98. The van der Waals surface area contributed by atoms with Crippen LogP contribution in [0.4, 0.5) is 11.4 Å². The van der Waals surface area contributed by atoms with Gasteiger partial charge in [-0.25, -0.2) is 0 Å². The Labute approximate surface area is 140 Å². The molecule has 1 aromatic carbocycles. The molecule has 4 nitrogen and oxygen atoms in total. The molecule has 1 atom stereocenters. The van der Waals surface area contributed by atoms with E-state index in [-0.39, 0.29) is 5.37 Å². The molecular formula is C18H19N3OS. The van der Waals surface area contributed by atoms with Crippen LogP contribution < -0.4 is 9.80 Å². The molecule has 0 bridgehead atoms. The molecule has 2 aromatic rings. The first kappa shape index (κ1) is 14.6. The zero-order chi connectivity index (χ0) is 15.5. The first-order valence-corrected chi connectivity index (χ1v) is 8.80. The Balaban J connectivity index is 1.68.